The van der Waals surface area contributed by atoms with Gasteiger partial charge in [-0.05, 0) is 32.9 Å². The second kappa shape index (κ2) is 7.14. The summed E-state index contributed by atoms with van der Waals surface area (Å²) in [5.41, 5.74) is 0. The summed E-state index contributed by atoms with van der Waals surface area (Å²) >= 11 is 1.77. The van der Waals surface area contributed by atoms with Crippen LogP contribution in [0.2, 0.25) is 0 Å². The number of nitrogens with zero attached hydrogens (tertiary/aromatic N) is 1. The molecule has 4 nitrogen and oxygen atoms in total. The molecule has 120 valence electrons. The molecule has 1 heterocycles. The molecule has 5 heteroatoms. The number of hydrogen-bond acceptors (Lipinski definition) is 4. The van der Waals surface area contributed by atoms with E-state index in [1.54, 1.807) is 16.7 Å². The predicted molar refractivity (Wildman–Crippen MR) is 87.3 cm³/mol. The van der Waals surface area contributed by atoms with Crippen LogP contribution < -0.4 is 5.32 Å². The monoisotopic (exact) mass is 312 g/mol. The molecule has 2 fully saturated rings. The number of rotatable bonds is 5. The zero-order chi connectivity index (χ0) is 15.5. The van der Waals surface area contributed by atoms with Gasteiger partial charge in [-0.2, -0.15) is 11.8 Å². The third kappa shape index (κ3) is 4.22. The summed E-state index contributed by atoms with van der Waals surface area (Å²) < 4.78 is 0.0824. The lowest BCUT2D eigenvalue weighted by molar-refractivity contribution is -0.141. The van der Waals surface area contributed by atoms with E-state index in [0.717, 1.165) is 32.2 Å². The molecule has 21 heavy (non-hydrogen) atoms. The maximum absolute atomic E-state index is 12.6. The summed E-state index contributed by atoms with van der Waals surface area (Å²) in [5, 5.41) is 3.30. The minimum atomic E-state index is -0.313. The summed E-state index contributed by atoms with van der Waals surface area (Å²) in [7, 11) is 0. The van der Waals surface area contributed by atoms with Crippen LogP contribution in [-0.2, 0) is 9.59 Å². The maximum atomic E-state index is 12.6. The summed E-state index contributed by atoms with van der Waals surface area (Å²) in [4.78, 5) is 26.4. The van der Waals surface area contributed by atoms with Gasteiger partial charge in [0.25, 0.3) is 0 Å². The number of amides is 2. The molecule has 1 saturated heterocycles. The van der Waals surface area contributed by atoms with E-state index >= 15 is 0 Å². The van der Waals surface area contributed by atoms with E-state index in [0.29, 0.717) is 6.42 Å². The van der Waals surface area contributed by atoms with E-state index in [2.05, 4.69) is 25.4 Å². The third-order valence-corrected chi connectivity index (χ3v) is 5.95. The molecule has 1 aliphatic heterocycles. The fourth-order valence-electron chi connectivity index (χ4n) is 3.15. The Hall–Kier alpha value is -0.550. The highest BCUT2D eigenvalue weighted by molar-refractivity contribution is 7.99. The highest BCUT2D eigenvalue weighted by atomic mass is 32.2. The van der Waals surface area contributed by atoms with Crippen LogP contribution in [0.4, 0.5) is 0 Å². The minimum absolute atomic E-state index is 0.00352. The fourth-order valence-corrected chi connectivity index (χ4v) is 3.38. The molecule has 1 atom stereocenters. The van der Waals surface area contributed by atoms with E-state index in [1.165, 1.54) is 12.8 Å². The van der Waals surface area contributed by atoms with Crippen LogP contribution >= 0.6 is 11.8 Å². The van der Waals surface area contributed by atoms with Gasteiger partial charge in [-0.15, -0.1) is 0 Å². The molecule has 0 radical (unpaired) electrons. The number of nitrogens with one attached hydrogen (secondary N) is 1. The van der Waals surface area contributed by atoms with Gasteiger partial charge in [0.15, 0.2) is 0 Å². The average molecular weight is 312 g/mol. The van der Waals surface area contributed by atoms with Crippen molar-refractivity contribution in [3.05, 3.63) is 0 Å². The molecule has 0 spiro atoms. The number of imide groups is 1. The maximum Gasteiger partial charge on any atom is 0.247 e. The minimum Gasteiger partial charge on any atom is -0.304 e. The van der Waals surface area contributed by atoms with Gasteiger partial charge in [-0.3, -0.25) is 14.5 Å². The van der Waals surface area contributed by atoms with Gasteiger partial charge in [0.05, 0.1) is 12.5 Å². The van der Waals surface area contributed by atoms with E-state index in [9.17, 15) is 9.59 Å². The SMILES string of the molecule is CSC(C)(C)CNC1CC(=O)N(C2CCCCCC2)C1=O. The van der Waals surface area contributed by atoms with Gasteiger partial charge in [0.1, 0.15) is 0 Å². The Morgan fingerprint density at radius 1 is 1.19 bits per heavy atom. The number of carbonyl (C=O) groups excluding carboxylic acids is 2. The van der Waals surface area contributed by atoms with Gasteiger partial charge in [0.2, 0.25) is 11.8 Å². The van der Waals surface area contributed by atoms with Gasteiger partial charge in [-0.25, -0.2) is 0 Å². The average Bonchev–Trinajstić information content (AvgIpc) is 2.64. The molecule has 2 aliphatic rings. The molecular formula is C16H28N2O2S. The highest BCUT2D eigenvalue weighted by Crippen LogP contribution is 2.27. The van der Waals surface area contributed by atoms with Crippen LogP contribution in [0.1, 0.15) is 58.8 Å². The Bertz CT molecular complexity index is 390. The summed E-state index contributed by atoms with van der Waals surface area (Å²) in [6, 6.07) is -0.167. The molecule has 2 rings (SSSR count). The molecule has 0 bridgehead atoms. The Morgan fingerprint density at radius 2 is 1.81 bits per heavy atom. The predicted octanol–water partition coefficient (Wildman–Crippen LogP) is 2.57. The number of likely N-dealkylation sites (tertiary alicyclic amines) is 1. The molecule has 2 amide bonds. The van der Waals surface area contributed by atoms with Crippen LogP contribution in [0.25, 0.3) is 0 Å². The van der Waals surface area contributed by atoms with Gasteiger partial charge in [0, 0.05) is 17.3 Å². The zero-order valence-electron chi connectivity index (χ0n) is 13.5. The van der Waals surface area contributed by atoms with Gasteiger partial charge < -0.3 is 5.32 Å². The molecule has 1 unspecified atom stereocenters. The van der Waals surface area contributed by atoms with Crippen molar-refractivity contribution in [1.29, 1.82) is 0 Å². The van der Waals surface area contributed by atoms with Crippen molar-refractivity contribution in [3.63, 3.8) is 0 Å². The first-order valence-corrected chi connectivity index (χ1v) is 9.31. The zero-order valence-corrected chi connectivity index (χ0v) is 14.3. The van der Waals surface area contributed by atoms with Gasteiger partial charge in [-0.1, -0.05) is 25.7 Å². The quantitative estimate of drug-likeness (QED) is 0.626. The number of carbonyl (C=O) groups is 2. The van der Waals surface area contributed by atoms with Crippen molar-refractivity contribution in [2.24, 2.45) is 0 Å². The van der Waals surface area contributed by atoms with E-state index in [-0.39, 0.29) is 28.6 Å². The van der Waals surface area contributed by atoms with Crippen molar-refractivity contribution in [1.82, 2.24) is 10.2 Å². The molecule has 1 N–H and O–H groups in total. The Kier molecular flexibility index (Phi) is 5.72. The summed E-state index contributed by atoms with van der Waals surface area (Å²) in [5.74, 6) is 0.0233. The lowest BCUT2D eigenvalue weighted by atomic mass is 10.1. The largest absolute Gasteiger partial charge is 0.304 e. The molecule has 0 aromatic rings. The smallest absolute Gasteiger partial charge is 0.247 e. The lowest BCUT2D eigenvalue weighted by Crippen LogP contribution is -2.46. The Morgan fingerprint density at radius 3 is 2.38 bits per heavy atom. The number of thioether (sulfide) groups is 1. The van der Waals surface area contributed by atoms with Crippen LogP contribution in [0, 0.1) is 0 Å². The normalized spacial score (nSPS) is 25.5. The Labute approximate surface area is 132 Å². The van der Waals surface area contributed by atoms with E-state index in [1.807, 2.05) is 0 Å². The van der Waals surface area contributed by atoms with Crippen molar-refractivity contribution >= 4 is 23.6 Å². The standard InChI is InChI=1S/C16H28N2O2S/c1-16(2,21-3)11-17-13-10-14(19)18(15(13)20)12-8-6-4-5-7-9-12/h12-13,17H,4-11H2,1-3H3. The Balaban J connectivity index is 1.96. The van der Waals surface area contributed by atoms with E-state index in [4.69, 9.17) is 0 Å². The topological polar surface area (TPSA) is 49.4 Å². The highest BCUT2D eigenvalue weighted by Gasteiger charge is 2.42. The summed E-state index contributed by atoms with van der Waals surface area (Å²) in [6.45, 7) is 5.04. The molecule has 1 saturated carbocycles. The molecule has 0 aromatic heterocycles. The van der Waals surface area contributed by atoms with Crippen LogP contribution in [0.5, 0.6) is 0 Å². The van der Waals surface area contributed by atoms with Crippen molar-refractivity contribution < 1.29 is 9.59 Å². The molecular weight excluding hydrogens is 284 g/mol. The van der Waals surface area contributed by atoms with Crippen molar-refractivity contribution in [3.8, 4) is 0 Å². The van der Waals surface area contributed by atoms with E-state index < -0.39 is 0 Å². The van der Waals surface area contributed by atoms with Crippen LogP contribution in [0.3, 0.4) is 0 Å². The van der Waals surface area contributed by atoms with Crippen LogP contribution in [0.15, 0.2) is 0 Å². The first-order chi connectivity index (χ1) is 9.94. The first kappa shape index (κ1) is 16.8. The molecule has 1 aliphatic carbocycles. The second-order valence-electron chi connectivity index (χ2n) is 6.85. The fraction of sp³-hybridized carbons (Fsp3) is 0.875. The molecule has 0 aromatic carbocycles. The van der Waals surface area contributed by atoms with Crippen LogP contribution in [-0.4, -0.2) is 46.3 Å². The first-order valence-electron chi connectivity index (χ1n) is 8.09. The van der Waals surface area contributed by atoms with Crippen molar-refractivity contribution in [2.75, 3.05) is 12.8 Å². The van der Waals surface area contributed by atoms with Gasteiger partial charge >= 0.3 is 0 Å². The third-order valence-electron chi connectivity index (χ3n) is 4.70. The lowest BCUT2D eigenvalue weighted by Gasteiger charge is -2.27. The van der Waals surface area contributed by atoms with Crippen molar-refractivity contribution in [2.45, 2.75) is 75.6 Å². The summed E-state index contributed by atoms with van der Waals surface area (Å²) in [6.07, 6.45) is 9.12. The number of hydrogen-bond donors (Lipinski definition) is 1. The second-order valence-corrected chi connectivity index (χ2v) is 8.36.